The van der Waals surface area contributed by atoms with Gasteiger partial charge in [0.1, 0.15) is 11.6 Å². The molecule has 1 aromatic heterocycles. The van der Waals surface area contributed by atoms with Gasteiger partial charge in [-0.1, -0.05) is 0 Å². The van der Waals surface area contributed by atoms with Crippen molar-refractivity contribution in [3.63, 3.8) is 0 Å². The standard InChI is InChI=1S/C11H19N3OS/c1-3-12-10-7-9(2)13-11(14-10)8-16-6-4-5-15/h7,15H,3-6,8H2,1-2H3,(H,12,13,14). The molecule has 0 aliphatic carbocycles. The lowest BCUT2D eigenvalue weighted by atomic mass is 10.4. The van der Waals surface area contributed by atoms with Crippen molar-refractivity contribution in [1.82, 2.24) is 9.97 Å². The minimum absolute atomic E-state index is 0.254. The highest BCUT2D eigenvalue weighted by Crippen LogP contribution is 2.12. The van der Waals surface area contributed by atoms with E-state index < -0.39 is 0 Å². The molecule has 0 amide bonds. The fourth-order valence-electron chi connectivity index (χ4n) is 1.30. The van der Waals surface area contributed by atoms with E-state index in [1.54, 1.807) is 11.8 Å². The summed E-state index contributed by atoms with van der Waals surface area (Å²) in [5.41, 5.74) is 0.990. The van der Waals surface area contributed by atoms with Crippen LogP contribution in [-0.2, 0) is 5.75 Å². The molecule has 4 nitrogen and oxygen atoms in total. The van der Waals surface area contributed by atoms with Gasteiger partial charge in [-0.05, 0) is 26.0 Å². The molecule has 0 atom stereocenters. The van der Waals surface area contributed by atoms with Crippen LogP contribution in [0.5, 0.6) is 0 Å². The van der Waals surface area contributed by atoms with E-state index in [4.69, 9.17) is 5.11 Å². The third kappa shape index (κ3) is 4.81. The van der Waals surface area contributed by atoms with Gasteiger partial charge in [0, 0.05) is 24.9 Å². The molecule has 90 valence electrons. The number of aliphatic hydroxyl groups is 1. The molecular formula is C11H19N3OS. The number of nitrogens with one attached hydrogen (secondary N) is 1. The molecule has 1 rings (SSSR count). The maximum Gasteiger partial charge on any atom is 0.140 e. The van der Waals surface area contributed by atoms with Crippen LogP contribution in [0.15, 0.2) is 6.07 Å². The molecule has 0 saturated heterocycles. The molecule has 0 fully saturated rings. The van der Waals surface area contributed by atoms with Crippen molar-refractivity contribution in [3.8, 4) is 0 Å². The first-order chi connectivity index (χ1) is 7.76. The molecule has 0 aliphatic heterocycles. The Balaban J connectivity index is 2.51. The molecule has 0 spiro atoms. The van der Waals surface area contributed by atoms with Crippen molar-refractivity contribution in [3.05, 3.63) is 17.6 Å². The van der Waals surface area contributed by atoms with Crippen molar-refractivity contribution in [2.45, 2.75) is 26.0 Å². The van der Waals surface area contributed by atoms with Crippen LogP contribution >= 0.6 is 11.8 Å². The summed E-state index contributed by atoms with van der Waals surface area (Å²) in [6.07, 6.45) is 0.830. The van der Waals surface area contributed by atoms with Gasteiger partial charge >= 0.3 is 0 Å². The molecule has 1 aromatic rings. The quantitative estimate of drug-likeness (QED) is 0.713. The summed E-state index contributed by atoms with van der Waals surface area (Å²) < 4.78 is 0. The molecule has 0 radical (unpaired) electrons. The zero-order chi connectivity index (χ0) is 11.8. The summed E-state index contributed by atoms with van der Waals surface area (Å²) in [7, 11) is 0. The summed E-state index contributed by atoms with van der Waals surface area (Å²) in [4.78, 5) is 8.79. The van der Waals surface area contributed by atoms with Crippen LogP contribution in [0.25, 0.3) is 0 Å². The molecule has 0 aliphatic rings. The van der Waals surface area contributed by atoms with Crippen LogP contribution in [0.1, 0.15) is 24.9 Å². The van der Waals surface area contributed by atoms with Crippen LogP contribution in [0.2, 0.25) is 0 Å². The smallest absolute Gasteiger partial charge is 0.140 e. The second kappa shape index (κ2) is 7.46. The Morgan fingerprint density at radius 1 is 1.44 bits per heavy atom. The van der Waals surface area contributed by atoms with Crippen LogP contribution in [0.3, 0.4) is 0 Å². The SMILES string of the molecule is CCNc1cc(C)nc(CSCCCO)n1. The topological polar surface area (TPSA) is 58.0 Å². The Morgan fingerprint density at radius 2 is 2.25 bits per heavy atom. The molecule has 1 heterocycles. The summed E-state index contributed by atoms with van der Waals surface area (Å²) in [5, 5.41) is 11.9. The predicted octanol–water partition coefficient (Wildman–Crippen LogP) is 1.83. The number of nitrogens with zero attached hydrogens (tertiary/aromatic N) is 2. The van der Waals surface area contributed by atoms with Crippen LogP contribution in [0.4, 0.5) is 5.82 Å². The Morgan fingerprint density at radius 3 is 2.94 bits per heavy atom. The number of thioether (sulfide) groups is 1. The number of rotatable bonds is 7. The second-order valence-electron chi connectivity index (χ2n) is 3.47. The maximum absolute atomic E-state index is 8.67. The first kappa shape index (κ1) is 13.3. The summed E-state index contributed by atoms with van der Waals surface area (Å²) >= 11 is 1.75. The first-order valence-electron chi connectivity index (χ1n) is 5.53. The summed E-state index contributed by atoms with van der Waals surface area (Å²) in [6.45, 7) is 5.15. The van der Waals surface area contributed by atoms with E-state index in [0.717, 1.165) is 41.8 Å². The average Bonchev–Trinajstić information content (AvgIpc) is 2.24. The van der Waals surface area contributed by atoms with Gasteiger partial charge in [-0.2, -0.15) is 11.8 Å². The Kier molecular flexibility index (Phi) is 6.18. The maximum atomic E-state index is 8.67. The van der Waals surface area contributed by atoms with Gasteiger partial charge in [-0.25, -0.2) is 9.97 Å². The van der Waals surface area contributed by atoms with Crippen LogP contribution in [-0.4, -0.2) is 34.0 Å². The number of aliphatic hydroxyl groups excluding tert-OH is 1. The van der Waals surface area contributed by atoms with Crippen molar-refractivity contribution in [2.75, 3.05) is 24.2 Å². The van der Waals surface area contributed by atoms with E-state index in [2.05, 4.69) is 15.3 Å². The highest BCUT2D eigenvalue weighted by atomic mass is 32.2. The van der Waals surface area contributed by atoms with Gasteiger partial charge in [-0.3, -0.25) is 0 Å². The molecule has 16 heavy (non-hydrogen) atoms. The monoisotopic (exact) mass is 241 g/mol. The van der Waals surface area contributed by atoms with E-state index in [9.17, 15) is 0 Å². The zero-order valence-corrected chi connectivity index (χ0v) is 10.7. The minimum atomic E-state index is 0.254. The Hall–Kier alpha value is -0.810. The van der Waals surface area contributed by atoms with Crippen LogP contribution < -0.4 is 5.32 Å². The van der Waals surface area contributed by atoms with Gasteiger partial charge in [0.2, 0.25) is 0 Å². The zero-order valence-electron chi connectivity index (χ0n) is 9.86. The Bertz CT molecular complexity index is 320. The highest BCUT2D eigenvalue weighted by molar-refractivity contribution is 7.98. The van der Waals surface area contributed by atoms with Crippen molar-refractivity contribution < 1.29 is 5.11 Å². The van der Waals surface area contributed by atoms with Gasteiger partial charge in [0.05, 0.1) is 5.75 Å². The van der Waals surface area contributed by atoms with E-state index in [1.165, 1.54) is 0 Å². The molecule has 0 unspecified atom stereocenters. The lowest BCUT2D eigenvalue weighted by molar-refractivity contribution is 0.296. The first-order valence-corrected chi connectivity index (χ1v) is 6.68. The molecular weight excluding hydrogens is 222 g/mol. The number of aromatic nitrogens is 2. The van der Waals surface area contributed by atoms with E-state index >= 15 is 0 Å². The summed E-state index contributed by atoms with van der Waals surface area (Å²) in [5.74, 6) is 3.51. The van der Waals surface area contributed by atoms with Crippen molar-refractivity contribution >= 4 is 17.6 Å². The molecule has 2 N–H and O–H groups in total. The molecule has 0 saturated carbocycles. The molecule has 0 aromatic carbocycles. The van der Waals surface area contributed by atoms with Crippen LogP contribution in [0, 0.1) is 6.92 Å². The minimum Gasteiger partial charge on any atom is -0.396 e. The van der Waals surface area contributed by atoms with Crippen molar-refractivity contribution in [1.29, 1.82) is 0 Å². The Labute approximate surface area is 101 Å². The average molecular weight is 241 g/mol. The number of aryl methyl sites for hydroxylation is 1. The van der Waals surface area contributed by atoms with E-state index in [0.29, 0.717) is 0 Å². The number of hydrogen-bond acceptors (Lipinski definition) is 5. The third-order valence-electron chi connectivity index (χ3n) is 1.94. The van der Waals surface area contributed by atoms with E-state index in [-0.39, 0.29) is 6.61 Å². The summed E-state index contributed by atoms with van der Waals surface area (Å²) in [6, 6.07) is 1.95. The van der Waals surface area contributed by atoms with Gasteiger partial charge in [0.25, 0.3) is 0 Å². The van der Waals surface area contributed by atoms with Crippen molar-refractivity contribution in [2.24, 2.45) is 0 Å². The fourth-order valence-corrected chi connectivity index (χ4v) is 2.09. The molecule has 0 bridgehead atoms. The molecule has 5 heteroatoms. The normalized spacial score (nSPS) is 10.4. The number of anilines is 1. The largest absolute Gasteiger partial charge is 0.396 e. The lowest BCUT2D eigenvalue weighted by Crippen LogP contribution is -2.04. The van der Waals surface area contributed by atoms with Gasteiger partial charge in [0.15, 0.2) is 0 Å². The highest BCUT2D eigenvalue weighted by Gasteiger charge is 2.01. The van der Waals surface area contributed by atoms with Gasteiger partial charge < -0.3 is 10.4 Å². The third-order valence-corrected chi connectivity index (χ3v) is 2.98. The second-order valence-corrected chi connectivity index (χ2v) is 4.58. The fraction of sp³-hybridized carbons (Fsp3) is 0.636. The van der Waals surface area contributed by atoms with Gasteiger partial charge in [-0.15, -0.1) is 0 Å². The lowest BCUT2D eigenvalue weighted by Gasteiger charge is -2.06. The van der Waals surface area contributed by atoms with E-state index in [1.807, 2.05) is 19.9 Å². The number of hydrogen-bond donors (Lipinski definition) is 2. The predicted molar refractivity (Wildman–Crippen MR) is 68.8 cm³/mol.